The molecule has 2 heterocycles. The Hall–Kier alpha value is -2.43. The number of amides is 4. The molecular weight excluding hydrogens is 441 g/mol. The van der Waals surface area contributed by atoms with Crippen molar-refractivity contribution in [3.05, 3.63) is 35.6 Å². The number of nitrogens with zero attached hydrogens (tertiary/aromatic N) is 4. The molecule has 4 amide bonds. The lowest BCUT2D eigenvalue weighted by Crippen LogP contribution is -2.76. The molecule has 3 rings (SSSR count). The number of fused-ring (bicyclic) bond motifs is 1. The highest BCUT2D eigenvalue weighted by Gasteiger charge is 2.50. The molecule has 2 atom stereocenters. The lowest BCUT2D eigenvalue weighted by Gasteiger charge is -2.54. The van der Waals surface area contributed by atoms with E-state index < -0.39 is 18.2 Å². The Labute approximate surface area is 192 Å². The standard InChI is InChI=1S/C21H29ClFN5O4/c1-3-4-5-17-20(30)26(10-11-32-22)13-18-27(17)19(29)14-25(2)28(18)21(31)24-12-15-6-8-16(23)9-7-15/h6-9,17-18H,3-5,10-14H2,1-2H3,(H,24,31)/t17-,18-/m0/s1. The Bertz CT molecular complexity index is 827. The zero-order valence-electron chi connectivity index (χ0n) is 18.3. The fourth-order valence-electron chi connectivity index (χ4n) is 4.19. The zero-order valence-corrected chi connectivity index (χ0v) is 19.1. The number of hydrazine groups is 1. The van der Waals surface area contributed by atoms with Crippen molar-refractivity contribution in [2.24, 2.45) is 0 Å². The number of hydrogen-bond donors (Lipinski definition) is 1. The van der Waals surface area contributed by atoms with Gasteiger partial charge in [0.1, 0.15) is 18.0 Å². The van der Waals surface area contributed by atoms with Gasteiger partial charge in [-0.15, -0.1) is 0 Å². The molecule has 11 heteroatoms. The maximum Gasteiger partial charge on any atom is 0.334 e. The predicted molar refractivity (Wildman–Crippen MR) is 115 cm³/mol. The number of nitrogens with one attached hydrogen (secondary N) is 1. The van der Waals surface area contributed by atoms with Crippen LogP contribution in [0, 0.1) is 5.82 Å². The number of rotatable bonds is 8. The van der Waals surface area contributed by atoms with Crippen molar-refractivity contribution in [1.29, 1.82) is 0 Å². The molecule has 0 spiro atoms. The molecular formula is C21H29ClFN5O4. The van der Waals surface area contributed by atoms with Gasteiger partial charge in [0.15, 0.2) is 0 Å². The van der Waals surface area contributed by atoms with Crippen molar-refractivity contribution in [3.63, 3.8) is 0 Å². The van der Waals surface area contributed by atoms with Crippen molar-refractivity contribution in [2.75, 3.05) is 33.3 Å². The van der Waals surface area contributed by atoms with E-state index in [0.717, 1.165) is 18.4 Å². The minimum atomic E-state index is -0.649. The molecule has 1 aromatic rings. The van der Waals surface area contributed by atoms with Crippen molar-refractivity contribution in [2.45, 2.75) is 44.9 Å². The Morgan fingerprint density at radius 1 is 1.28 bits per heavy atom. The number of urea groups is 1. The Morgan fingerprint density at radius 2 is 2.00 bits per heavy atom. The van der Waals surface area contributed by atoms with Gasteiger partial charge in [-0.1, -0.05) is 31.9 Å². The summed E-state index contributed by atoms with van der Waals surface area (Å²) in [6, 6.07) is 4.81. The van der Waals surface area contributed by atoms with Crippen molar-refractivity contribution < 1.29 is 23.1 Å². The number of halogens is 2. The fourth-order valence-corrected chi connectivity index (χ4v) is 4.26. The Balaban J connectivity index is 1.81. The molecule has 2 aliphatic heterocycles. The first-order chi connectivity index (χ1) is 15.4. The van der Waals surface area contributed by atoms with Gasteiger partial charge in [-0.25, -0.2) is 19.2 Å². The third-order valence-corrected chi connectivity index (χ3v) is 5.93. The van der Waals surface area contributed by atoms with Crippen LogP contribution in [0.2, 0.25) is 0 Å². The van der Waals surface area contributed by atoms with Crippen molar-refractivity contribution in [1.82, 2.24) is 25.1 Å². The predicted octanol–water partition coefficient (Wildman–Crippen LogP) is 1.92. The average molecular weight is 470 g/mol. The van der Waals surface area contributed by atoms with E-state index in [4.69, 9.17) is 11.9 Å². The summed E-state index contributed by atoms with van der Waals surface area (Å²) in [5.74, 6) is -0.702. The Kier molecular flexibility index (Phi) is 8.27. The highest BCUT2D eigenvalue weighted by Crippen LogP contribution is 2.28. The average Bonchev–Trinajstić information content (AvgIpc) is 2.77. The van der Waals surface area contributed by atoms with E-state index in [1.807, 2.05) is 6.92 Å². The smallest absolute Gasteiger partial charge is 0.334 e. The van der Waals surface area contributed by atoms with Crippen LogP contribution in [0.3, 0.4) is 0 Å². The lowest BCUT2D eigenvalue weighted by molar-refractivity contribution is -0.187. The topological polar surface area (TPSA) is 85.4 Å². The molecule has 2 saturated heterocycles. The summed E-state index contributed by atoms with van der Waals surface area (Å²) in [4.78, 5) is 42.3. The zero-order chi connectivity index (χ0) is 23.3. The highest BCUT2D eigenvalue weighted by atomic mass is 35.5. The van der Waals surface area contributed by atoms with Gasteiger partial charge in [-0.05, 0) is 24.1 Å². The summed E-state index contributed by atoms with van der Waals surface area (Å²) in [5.41, 5.74) is 0.743. The minimum Gasteiger partial charge on any atom is -0.335 e. The molecule has 0 saturated carbocycles. The summed E-state index contributed by atoms with van der Waals surface area (Å²) in [7, 11) is 1.66. The second kappa shape index (κ2) is 10.9. The normalized spacial score (nSPS) is 21.7. The van der Waals surface area contributed by atoms with Crippen LogP contribution < -0.4 is 5.32 Å². The highest BCUT2D eigenvalue weighted by molar-refractivity contribution is 6.07. The second-order valence-electron chi connectivity index (χ2n) is 7.98. The fraction of sp³-hybridized carbons (Fsp3) is 0.571. The van der Waals surface area contributed by atoms with Gasteiger partial charge in [0.25, 0.3) is 0 Å². The van der Waals surface area contributed by atoms with Crippen LogP contribution in [-0.2, 0) is 20.4 Å². The molecule has 0 bridgehead atoms. The second-order valence-corrected chi connectivity index (χ2v) is 8.20. The lowest BCUT2D eigenvalue weighted by atomic mass is 10.0. The van der Waals surface area contributed by atoms with Crippen LogP contribution in [0.5, 0.6) is 0 Å². The third-order valence-electron chi connectivity index (χ3n) is 5.77. The van der Waals surface area contributed by atoms with E-state index >= 15 is 0 Å². The van der Waals surface area contributed by atoms with E-state index in [-0.39, 0.29) is 50.4 Å². The molecule has 9 nitrogen and oxygen atoms in total. The largest absolute Gasteiger partial charge is 0.335 e. The first kappa shape index (κ1) is 24.2. The van der Waals surface area contributed by atoms with Gasteiger partial charge in [0, 0.05) is 20.1 Å². The summed E-state index contributed by atoms with van der Waals surface area (Å²) in [6.07, 6.45) is 1.52. The maximum absolute atomic E-state index is 13.1. The van der Waals surface area contributed by atoms with E-state index in [0.29, 0.717) is 6.42 Å². The van der Waals surface area contributed by atoms with Gasteiger partial charge in [0.05, 0.1) is 31.6 Å². The molecule has 1 aromatic carbocycles. The van der Waals surface area contributed by atoms with Gasteiger partial charge >= 0.3 is 6.03 Å². The van der Waals surface area contributed by atoms with Crippen molar-refractivity contribution in [3.8, 4) is 0 Å². The molecule has 1 N–H and O–H groups in total. The molecule has 32 heavy (non-hydrogen) atoms. The van der Waals surface area contributed by atoms with Crippen molar-refractivity contribution >= 4 is 29.7 Å². The molecule has 0 aliphatic carbocycles. The van der Waals surface area contributed by atoms with E-state index in [1.165, 1.54) is 17.1 Å². The number of unbranched alkanes of at least 4 members (excludes halogenated alkanes) is 1. The summed E-state index contributed by atoms with van der Waals surface area (Å²) < 4.78 is 17.8. The van der Waals surface area contributed by atoms with Crippen LogP contribution in [0.25, 0.3) is 0 Å². The molecule has 0 radical (unpaired) electrons. The number of likely N-dealkylation sites (N-methyl/N-ethyl adjacent to an activating group) is 1. The minimum absolute atomic E-state index is 0.0127. The van der Waals surface area contributed by atoms with Crippen LogP contribution >= 0.6 is 11.9 Å². The van der Waals surface area contributed by atoms with Gasteiger partial charge in [-0.3, -0.25) is 13.9 Å². The van der Waals surface area contributed by atoms with E-state index in [9.17, 15) is 18.8 Å². The molecule has 176 valence electrons. The molecule has 0 aromatic heterocycles. The van der Waals surface area contributed by atoms with Gasteiger partial charge in [0.2, 0.25) is 11.8 Å². The SMILES string of the molecule is CCCC[C@H]1C(=O)N(CCOCl)C[C@H]2N1C(=O)CN(C)N2C(=O)NCc1ccc(F)cc1. The first-order valence-corrected chi connectivity index (χ1v) is 11.0. The van der Waals surface area contributed by atoms with Crippen LogP contribution in [0.1, 0.15) is 31.7 Å². The quantitative estimate of drug-likeness (QED) is 0.628. The van der Waals surface area contributed by atoms with E-state index in [1.54, 1.807) is 34.0 Å². The van der Waals surface area contributed by atoms with Crippen LogP contribution in [0.4, 0.5) is 9.18 Å². The van der Waals surface area contributed by atoms with Crippen LogP contribution in [-0.4, -0.2) is 83.2 Å². The van der Waals surface area contributed by atoms with E-state index in [2.05, 4.69) is 9.61 Å². The number of hydrogen-bond acceptors (Lipinski definition) is 5. The Morgan fingerprint density at radius 3 is 2.66 bits per heavy atom. The maximum atomic E-state index is 13.1. The molecule has 2 aliphatic rings. The number of carbonyl (C=O) groups excluding carboxylic acids is 3. The first-order valence-electron chi connectivity index (χ1n) is 10.7. The summed E-state index contributed by atoms with van der Waals surface area (Å²) >= 11 is 5.35. The molecule has 0 unspecified atom stereocenters. The molecule has 2 fully saturated rings. The number of piperazine rings is 1. The number of benzene rings is 1. The third kappa shape index (κ3) is 5.31. The number of carbonyl (C=O) groups is 3. The van der Waals surface area contributed by atoms with Crippen LogP contribution in [0.15, 0.2) is 24.3 Å². The summed E-state index contributed by atoms with van der Waals surface area (Å²) in [5, 5.41) is 5.87. The van der Waals surface area contributed by atoms with Gasteiger partial charge < -0.3 is 15.1 Å². The monoisotopic (exact) mass is 469 g/mol. The van der Waals surface area contributed by atoms with Gasteiger partial charge in [-0.2, -0.15) is 0 Å². The summed E-state index contributed by atoms with van der Waals surface area (Å²) in [6.45, 7) is 2.76.